The summed E-state index contributed by atoms with van der Waals surface area (Å²) in [5, 5.41) is 8.43. The quantitative estimate of drug-likeness (QED) is 0.466. The van der Waals surface area contributed by atoms with Gasteiger partial charge in [0.1, 0.15) is 0 Å². The molecule has 46 valence electrons. The maximum atomic E-state index is 8.43. The molecule has 2 heteroatoms. The Bertz CT molecular complexity index is 123. The van der Waals surface area contributed by atoms with Crippen molar-refractivity contribution in [1.29, 1.82) is 0 Å². The normalized spacial score (nSPS) is 8.12. The molecule has 0 aliphatic rings. The van der Waals surface area contributed by atoms with E-state index >= 15 is 0 Å². The topological polar surface area (TPSA) is 20.2 Å². The van der Waals surface area contributed by atoms with E-state index in [1.54, 1.807) is 0 Å². The Balaban J connectivity index is 0.000000490. The summed E-state index contributed by atoms with van der Waals surface area (Å²) in [5.74, 6) is 0. The van der Waals surface area contributed by atoms with Crippen molar-refractivity contribution in [1.82, 2.24) is 0 Å². The van der Waals surface area contributed by atoms with E-state index in [2.05, 4.69) is 0 Å². The Morgan fingerprint density at radius 3 is 2.62 bits per heavy atom. The Morgan fingerprint density at radius 1 is 1.62 bits per heavy atom. The third-order valence-corrected chi connectivity index (χ3v) is 0.914. The summed E-state index contributed by atoms with van der Waals surface area (Å²) in [5.41, 5.74) is 0.986. The van der Waals surface area contributed by atoms with Gasteiger partial charge in [0.25, 0.3) is 0 Å². The van der Waals surface area contributed by atoms with Gasteiger partial charge in [-0.3, -0.25) is 0 Å². The molecule has 0 radical (unpaired) electrons. The van der Waals surface area contributed by atoms with Gasteiger partial charge in [-0.15, -0.1) is 5.56 Å². The van der Waals surface area contributed by atoms with Crippen LogP contribution in [0.5, 0.6) is 0 Å². The van der Waals surface area contributed by atoms with Crippen molar-refractivity contribution in [3.63, 3.8) is 0 Å². The monoisotopic (exact) mass is 151 g/mol. The van der Waals surface area contributed by atoms with E-state index in [0.717, 1.165) is 5.56 Å². The van der Waals surface area contributed by atoms with Gasteiger partial charge in [-0.25, -0.2) is 12.1 Å². The molecule has 0 aliphatic carbocycles. The molecule has 1 nitrogen and oxygen atoms in total. The molecule has 0 spiro atoms. The summed E-state index contributed by atoms with van der Waals surface area (Å²) < 4.78 is 0. The number of rotatable bonds is 1. The van der Waals surface area contributed by atoms with Crippen molar-refractivity contribution in [2.75, 3.05) is 0 Å². The molecule has 1 rings (SSSR count). The first-order valence-electron chi connectivity index (χ1n) is 2.25. The SMILES string of the molecule is OCc1ccc[cH-]1.[Fe]. The Labute approximate surface area is 59.2 Å². The first-order chi connectivity index (χ1) is 3.43. The van der Waals surface area contributed by atoms with Crippen molar-refractivity contribution in [3.8, 4) is 0 Å². The van der Waals surface area contributed by atoms with E-state index in [1.807, 2.05) is 24.3 Å². The number of aliphatic hydroxyl groups is 1. The molecule has 1 aromatic rings. The predicted molar refractivity (Wildman–Crippen MR) is 28.0 cm³/mol. The minimum absolute atomic E-state index is 0. The maximum absolute atomic E-state index is 8.43. The van der Waals surface area contributed by atoms with E-state index in [0.29, 0.717) is 0 Å². The molecule has 8 heavy (non-hydrogen) atoms. The van der Waals surface area contributed by atoms with Crippen LogP contribution < -0.4 is 0 Å². The molecule has 0 saturated heterocycles. The van der Waals surface area contributed by atoms with E-state index < -0.39 is 0 Å². The van der Waals surface area contributed by atoms with Gasteiger partial charge in [-0.1, -0.05) is 0 Å². The molecular weight excluding hydrogens is 144 g/mol. The van der Waals surface area contributed by atoms with E-state index in [4.69, 9.17) is 5.11 Å². The van der Waals surface area contributed by atoms with Gasteiger partial charge in [-0.05, 0) is 0 Å². The Kier molecular flexibility index (Phi) is 3.71. The molecule has 1 aromatic carbocycles. The maximum Gasteiger partial charge on any atom is 0.0452 e. The van der Waals surface area contributed by atoms with Crippen LogP contribution >= 0.6 is 0 Å². The van der Waals surface area contributed by atoms with Gasteiger partial charge >= 0.3 is 0 Å². The molecule has 1 N–H and O–H groups in total. The van der Waals surface area contributed by atoms with Crippen LogP contribution in [-0.2, 0) is 23.7 Å². The molecular formula is C6H7FeO-. The van der Waals surface area contributed by atoms with Crippen molar-refractivity contribution < 1.29 is 22.2 Å². The second-order valence-corrected chi connectivity index (χ2v) is 1.45. The van der Waals surface area contributed by atoms with Crippen LogP contribution in [0.4, 0.5) is 0 Å². The Hall–Kier alpha value is -0.171. The minimum atomic E-state index is 0. The summed E-state index contributed by atoms with van der Waals surface area (Å²) >= 11 is 0. The van der Waals surface area contributed by atoms with Gasteiger partial charge < -0.3 is 5.11 Å². The summed E-state index contributed by atoms with van der Waals surface area (Å²) in [6.07, 6.45) is 0. The average molecular weight is 151 g/mol. The zero-order chi connectivity index (χ0) is 5.11. The zero-order valence-electron chi connectivity index (χ0n) is 4.32. The molecule has 0 unspecified atom stereocenters. The number of hydrogen-bond acceptors (Lipinski definition) is 1. The van der Waals surface area contributed by atoms with Crippen molar-refractivity contribution in [2.24, 2.45) is 0 Å². The first kappa shape index (κ1) is 7.83. The number of hydrogen-bond donors (Lipinski definition) is 1. The van der Waals surface area contributed by atoms with Crippen LogP contribution in [0.2, 0.25) is 0 Å². The predicted octanol–water partition coefficient (Wildman–Crippen LogP) is 0.895. The third kappa shape index (κ3) is 1.74. The van der Waals surface area contributed by atoms with Crippen LogP contribution in [0, 0.1) is 0 Å². The van der Waals surface area contributed by atoms with Crippen molar-refractivity contribution in [3.05, 3.63) is 29.8 Å². The molecule has 0 amide bonds. The molecule has 0 atom stereocenters. The van der Waals surface area contributed by atoms with Gasteiger partial charge in [0.15, 0.2) is 0 Å². The first-order valence-corrected chi connectivity index (χ1v) is 2.25. The van der Waals surface area contributed by atoms with Crippen molar-refractivity contribution in [2.45, 2.75) is 6.61 Å². The summed E-state index contributed by atoms with van der Waals surface area (Å²) in [6, 6.07) is 7.59. The van der Waals surface area contributed by atoms with E-state index in [9.17, 15) is 0 Å². The summed E-state index contributed by atoms with van der Waals surface area (Å²) in [6.45, 7) is 0.160. The standard InChI is InChI=1S/C6H7O.Fe/c7-5-6-3-1-2-4-6;/h1-4,7H,5H2;/q-1;. The number of aliphatic hydroxyl groups excluding tert-OH is 1. The zero-order valence-corrected chi connectivity index (χ0v) is 5.42. The molecule has 0 aromatic heterocycles. The second-order valence-electron chi connectivity index (χ2n) is 1.45. The molecule has 0 bridgehead atoms. The molecule has 0 aliphatic heterocycles. The largest absolute Gasteiger partial charge is 0.394 e. The van der Waals surface area contributed by atoms with E-state index in [-0.39, 0.29) is 23.7 Å². The fraction of sp³-hybridized carbons (Fsp3) is 0.167. The molecule has 0 saturated carbocycles. The molecule has 0 heterocycles. The average Bonchev–Trinajstić information content (AvgIpc) is 2.14. The van der Waals surface area contributed by atoms with Crippen LogP contribution in [-0.4, -0.2) is 5.11 Å². The summed E-state index contributed by atoms with van der Waals surface area (Å²) in [7, 11) is 0. The molecule has 0 fully saturated rings. The van der Waals surface area contributed by atoms with Gasteiger partial charge in [-0.2, -0.15) is 12.1 Å². The van der Waals surface area contributed by atoms with Crippen LogP contribution in [0.15, 0.2) is 24.3 Å². The fourth-order valence-electron chi connectivity index (χ4n) is 0.519. The second kappa shape index (κ2) is 3.79. The Morgan fingerprint density at radius 2 is 2.38 bits per heavy atom. The van der Waals surface area contributed by atoms with E-state index in [1.165, 1.54) is 0 Å². The fourth-order valence-corrected chi connectivity index (χ4v) is 0.519. The van der Waals surface area contributed by atoms with Crippen LogP contribution in [0.3, 0.4) is 0 Å². The smallest absolute Gasteiger partial charge is 0.0452 e. The summed E-state index contributed by atoms with van der Waals surface area (Å²) in [4.78, 5) is 0. The van der Waals surface area contributed by atoms with Gasteiger partial charge in [0.2, 0.25) is 0 Å². The van der Waals surface area contributed by atoms with Crippen LogP contribution in [0.25, 0.3) is 0 Å². The van der Waals surface area contributed by atoms with Crippen molar-refractivity contribution >= 4 is 0 Å². The van der Waals surface area contributed by atoms with Gasteiger partial charge in [0.05, 0.1) is 0 Å². The van der Waals surface area contributed by atoms with Gasteiger partial charge in [0, 0.05) is 23.7 Å². The minimum Gasteiger partial charge on any atom is -0.394 e. The van der Waals surface area contributed by atoms with Crippen LogP contribution in [0.1, 0.15) is 5.56 Å². The third-order valence-electron chi connectivity index (χ3n) is 0.914.